The van der Waals surface area contributed by atoms with Crippen LogP contribution in [-0.4, -0.2) is 39.0 Å². The Kier molecular flexibility index (Phi) is 7.96. The van der Waals surface area contributed by atoms with Gasteiger partial charge in [-0.25, -0.2) is 4.79 Å². The van der Waals surface area contributed by atoms with Crippen LogP contribution in [0.2, 0.25) is 0 Å². The fraction of sp³-hybridized carbons (Fsp3) is 0.462. The number of amides is 1. The first-order valence-corrected chi connectivity index (χ1v) is 13.8. The molecule has 9 heteroatoms. The Balaban J connectivity index is 1.45. The summed E-state index contributed by atoms with van der Waals surface area (Å²) in [6.07, 6.45) is 2.80. The molecule has 7 nitrogen and oxygen atoms in total. The second-order valence-electron chi connectivity index (χ2n) is 9.26. The first-order chi connectivity index (χ1) is 16.8. The van der Waals surface area contributed by atoms with E-state index in [1.54, 1.807) is 6.92 Å². The van der Waals surface area contributed by atoms with E-state index >= 15 is 0 Å². The third-order valence-electron chi connectivity index (χ3n) is 6.25. The molecule has 1 aliphatic carbocycles. The van der Waals surface area contributed by atoms with Gasteiger partial charge in [0.1, 0.15) is 5.00 Å². The molecule has 0 saturated carbocycles. The van der Waals surface area contributed by atoms with E-state index in [0.29, 0.717) is 34.2 Å². The molecule has 0 radical (unpaired) electrons. The monoisotopic (exact) mass is 512 g/mol. The average Bonchev–Trinajstić information content (AvgIpc) is 3.37. The highest BCUT2D eigenvalue weighted by atomic mass is 32.2. The number of rotatable bonds is 8. The largest absolute Gasteiger partial charge is 0.462 e. The van der Waals surface area contributed by atoms with Crippen LogP contribution < -0.4 is 5.32 Å². The van der Waals surface area contributed by atoms with Crippen molar-refractivity contribution in [2.45, 2.75) is 58.0 Å². The number of nitrogens with one attached hydrogen (secondary N) is 1. The number of thiophene rings is 1. The molecule has 3 aromatic rings. The van der Waals surface area contributed by atoms with Crippen LogP contribution in [0.3, 0.4) is 0 Å². The summed E-state index contributed by atoms with van der Waals surface area (Å²) in [6, 6.07) is 8.32. The van der Waals surface area contributed by atoms with E-state index in [1.807, 2.05) is 11.6 Å². The van der Waals surface area contributed by atoms with Gasteiger partial charge in [-0.15, -0.1) is 21.5 Å². The maximum atomic E-state index is 12.9. The standard InChI is InChI=1S/C26H32N4O3S2/c1-6-33-25(32)22-19-12-7-16(4)13-20(19)35-24(22)27-21(31)14-34-26-29-28-23(30(26)5)18-10-8-17(9-11-18)15(2)3/h8-11,15-16H,6-7,12-14H2,1-5H3,(H,27,31). The van der Waals surface area contributed by atoms with Crippen LogP contribution in [0, 0.1) is 5.92 Å². The van der Waals surface area contributed by atoms with Gasteiger partial charge in [-0.2, -0.15) is 0 Å². The van der Waals surface area contributed by atoms with Crippen molar-refractivity contribution in [3.05, 3.63) is 45.8 Å². The van der Waals surface area contributed by atoms with Gasteiger partial charge >= 0.3 is 5.97 Å². The number of esters is 1. The van der Waals surface area contributed by atoms with Gasteiger partial charge in [0.2, 0.25) is 5.91 Å². The molecule has 0 fully saturated rings. The zero-order chi connectivity index (χ0) is 25.1. The van der Waals surface area contributed by atoms with Crippen molar-refractivity contribution in [3.63, 3.8) is 0 Å². The minimum Gasteiger partial charge on any atom is -0.462 e. The first kappa shape index (κ1) is 25.4. The fourth-order valence-corrected chi connectivity index (χ4v) is 6.39. The smallest absolute Gasteiger partial charge is 0.341 e. The summed E-state index contributed by atoms with van der Waals surface area (Å²) < 4.78 is 7.20. The maximum absolute atomic E-state index is 12.9. The molecule has 4 rings (SSSR count). The van der Waals surface area contributed by atoms with Crippen molar-refractivity contribution in [2.75, 3.05) is 17.7 Å². The van der Waals surface area contributed by atoms with Crippen molar-refractivity contribution in [1.82, 2.24) is 14.8 Å². The van der Waals surface area contributed by atoms with Gasteiger partial charge in [-0.1, -0.05) is 56.8 Å². The van der Waals surface area contributed by atoms with E-state index in [4.69, 9.17) is 4.74 Å². The second-order valence-corrected chi connectivity index (χ2v) is 11.3. The lowest BCUT2D eigenvalue weighted by molar-refractivity contribution is -0.113. The van der Waals surface area contributed by atoms with Crippen LogP contribution in [0.5, 0.6) is 0 Å². The average molecular weight is 513 g/mol. The number of ether oxygens (including phenoxy) is 1. The van der Waals surface area contributed by atoms with Crippen molar-refractivity contribution >= 4 is 40.0 Å². The molecule has 0 spiro atoms. The zero-order valence-corrected chi connectivity index (χ0v) is 22.5. The SMILES string of the molecule is CCOC(=O)c1c(NC(=O)CSc2nnc(-c3ccc(C(C)C)cc3)n2C)sc2c1CCC(C)C2. The third kappa shape index (κ3) is 5.62. The quantitative estimate of drug-likeness (QED) is 0.308. The topological polar surface area (TPSA) is 86.1 Å². The Morgan fingerprint density at radius 3 is 2.69 bits per heavy atom. The molecule has 1 unspecified atom stereocenters. The number of thioether (sulfide) groups is 1. The first-order valence-electron chi connectivity index (χ1n) is 12.0. The van der Waals surface area contributed by atoms with Gasteiger partial charge in [0.05, 0.1) is 17.9 Å². The van der Waals surface area contributed by atoms with Crippen LogP contribution in [0.1, 0.15) is 66.4 Å². The van der Waals surface area contributed by atoms with E-state index in [9.17, 15) is 9.59 Å². The van der Waals surface area contributed by atoms with Gasteiger partial charge in [0.25, 0.3) is 0 Å². The Bertz CT molecular complexity index is 1210. The highest BCUT2D eigenvalue weighted by molar-refractivity contribution is 7.99. The van der Waals surface area contributed by atoms with Crippen LogP contribution >= 0.6 is 23.1 Å². The highest BCUT2D eigenvalue weighted by Crippen LogP contribution is 2.40. The van der Waals surface area contributed by atoms with Crippen LogP contribution in [-0.2, 0) is 29.4 Å². The lowest BCUT2D eigenvalue weighted by Gasteiger charge is -2.18. The minimum absolute atomic E-state index is 0.166. The van der Waals surface area contributed by atoms with Gasteiger partial charge in [-0.3, -0.25) is 4.79 Å². The molecule has 0 aliphatic heterocycles. The van der Waals surface area contributed by atoms with Crippen LogP contribution in [0.25, 0.3) is 11.4 Å². The number of anilines is 1. The molecule has 2 aromatic heterocycles. The third-order valence-corrected chi connectivity index (χ3v) is 8.44. The Morgan fingerprint density at radius 1 is 1.26 bits per heavy atom. The Morgan fingerprint density at radius 2 is 2.00 bits per heavy atom. The number of nitrogens with zero attached hydrogens (tertiary/aromatic N) is 3. The molecule has 1 N–H and O–H groups in total. The van der Waals surface area contributed by atoms with Crippen molar-refractivity contribution < 1.29 is 14.3 Å². The van der Waals surface area contributed by atoms with E-state index in [1.165, 1.54) is 33.5 Å². The second kappa shape index (κ2) is 11.0. The van der Waals surface area contributed by atoms with Crippen molar-refractivity contribution in [2.24, 2.45) is 13.0 Å². The lowest BCUT2D eigenvalue weighted by Crippen LogP contribution is -2.18. The van der Waals surface area contributed by atoms with Crippen molar-refractivity contribution in [3.8, 4) is 11.4 Å². The molecule has 0 saturated heterocycles. The van der Waals surface area contributed by atoms with Crippen LogP contribution in [0.4, 0.5) is 5.00 Å². The summed E-state index contributed by atoms with van der Waals surface area (Å²) in [5.41, 5.74) is 3.83. The number of benzene rings is 1. The summed E-state index contributed by atoms with van der Waals surface area (Å²) in [5.74, 6) is 1.42. The molecule has 1 amide bonds. The number of aromatic nitrogens is 3. The van der Waals surface area contributed by atoms with Gasteiger partial charge in [0, 0.05) is 17.5 Å². The normalized spacial score (nSPS) is 15.2. The summed E-state index contributed by atoms with van der Waals surface area (Å²) in [5, 5.41) is 12.8. The van der Waals surface area contributed by atoms with E-state index in [-0.39, 0.29) is 17.6 Å². The highest BCUT2D eigenvalue weighted by Gasteiger charge is 2.29. The molecule has 1 atom stereocenters. The fourth-order valence-electron chi connectivity index (χ4n) is 4.26. The maximum Gasteiger partial charge on any atom is 0.341 e. The molecule has 1 aliphatic rings. The summed E-state index contributed by atoms with van der Waals surface area (Å²) in [6.45, 7) is 8.65. The van der Waals surface area contributed by atoms with Crippen molar-refractivity contribution in [1.29, 1.82) is 0 Å². The minimum atomic E-state index is -0.357. The molecular formula is C26H32N4O3S2. The van der Waals surface area contributed by atoms with E-state index in [2.05, 4.69) is 60.6 Å². The number of carbonyl (C=O) groups is 2. The van der Waals surface area contributed by atoms with E-state index < -0.39 is 0 Å². The molecule has 35 heavy (non-hydrogen) atoms. The van der Waals surface area contributed by atoms with Gasteiger partial charge in [0.15, 0.2) is 11.0 Å². The molecular weight excluding hydrogens is 480 g/mol. The van der Waals surface area contributed by atoms with E-state index in [0.717, 1.165) is 36.2 Å². The van der Waals surface area contributed by atoms with Gasteiger partial charge < -0.3 is 14.6 Å². The molecule has 1 aromatic carbocycles. The molecule has 0 bridgehead atoms. The Hall–Kier alpha value is -2.65. The lowest BCUT2D eigenvalue weighted by atomic mass is 9.88. The van der Waals surface area contributed by atoms with Crippen LogP contribution in [0.15, 0.2) is 29.4 Å². The zero-order valence-electron chi connectivity index (χ0n) is 20.9. The van der Waals surface area contributed by atoms with Gasteiger partial charge in [-0.05, 0) is 49.1 Å². The number of carbonyl (C=O) groups excluding carboxylic acids is 2. The summed E-state index contributed by atoms with van der Waals surface area (Å²) in [7, 11) is 1.90. The summed E-state index contributed by atoms with van der Waals surface area (Å²) in [4.78, 5) is 26.7. The predicted octanol–water partition coefficient (Wildman–Crippen LogP) is 5.70. The predicted molar refractivity (Wildman–Crippen MR) is 141 cm³/mol. The Labute approximate surface area is 214 Å². The molecule has 2 heterocycles. The number of hydrogen-bond acceptors (Lipinski definition) is 7. The number of fused-ring (bicyclic) bond motifs is 1. The molecule has 186 valence electrons. The summed E-state index contributed by atoms with van der Waals surface area (Å²) >= 11 is 2.83. The number of hydrogen-bond donors (Lipinski definition) is 1.